The van der Waals surface area contributed by atoms with Gasteiger partial charge in [0.15, 0.2) is 0 Å². The zero-order valence-corrected chi connectivity index (χ0v) is 11.5. The average molecular weight is 243 g/mol. The lowest BCUT2D eigenvalue weighted by Crippen LogP contribution is -2.42. The van der Waals surface area contributed by atoms with Gasteiger partial charge in [0.1, 0.15) is 5.54 Å². The van der Waals surface area contributed by atoms with Crippen LogP contribution >= 0.6 is 0 Å². The van der Waals surface area contributed by atoms with E-state index in [1.54, 1.807) is 14.2 Å². The quantitative estimate of drug-likeness (QED) is 0.604. The van der Waals surface area contributed by atoms with Gasteiger partial charge in [0.25, 0.3) is 0 Å². The van der Waals surface area contributed by atoms with E-state index in [0.29, 0.717) is 13.2 Å². The first-order valence-electron chi connectivity index (χ1n) is 5.92. The summed E-state index contributed by atoms with van der Waals surface area (Å²) in [6.07, 6.45) is 0.785. The van der Waals surface area contributed by atoms with Crippen molar-refractivity contribution in [2.45, 2.75) is 18.9 Å². The molecule has 0 aromatic rings. The van der Waals surface area contributed by atoms with E-state index in [4.69, 9.17) is 14.7 Å². The van der Waals surface area contributed by atoms with Crippen LogP contribution in [0.5, 0.6) is 0 Å². The predicted octanol–water partition coefficient (Wildman–Crippen LogP) is 0.473. The summed E-state index contributed by atoms with van der Waals surface area (Å²) in [7, 11) is 5.21. The van der Waals surface area contributed by atoms with Crippen molar-refractivity contribution in [2.24, 2.45) is 0 Å². The Morgan fingerprint density at radius 3 is 2.06 bits per heavy atom. The number of nitriles is 1. The zero-order chi connectivity index (χ0) is 13.1. The van der Waals surface area contributed by atoms with Gasteiger partial charge in [0.05, 0.1) is 19.3 Å². The maximum Gasteiger partial charge on any atom is 0.104 e. The van der Waals surface area contributed by atoms with Crippen LogP contribution in [0, 0.1) is 11.3 Å². The van der Waals surface area contributed by atoms with Crippen molar-refractivity contribution >= 4 is 0 Å². The van der Waals surface area contributed by atoms with Crippen LogP contribution in [0.1, 0.15) is 13.3 Å². The Labute approximate surface area is 105 Å². The summed E-state index contributed by atoms with van der Waals surface area (Å²) in [5.74, 6) is 0. The van der Waals surface area contributed by atoms with Crippen molar-refractivity contribution < 1.29 is 9.47 Å². The van der Waals surface area contributed by atoms with Gasteiger partial charge in [0.2, 0.25) is 0 Å². The molecular weight excluding hydrogens is 218 g/mol. The second-order valence-electron chi connectivity index (χ2n) is 4.27. The van der Waals surface area contributed by atoms with Gasteiger partial charge in [-0.1, -0.05) is 0 Å². The molecule has 0 spiro atoms. The van der Waals surface area contributed by atoms with Gasteiger partial charge >= 0.3 is 0 Å². The minimum atomic E-state index is -0.460. The lowest BCUT2D eigenvalue weighted by Gasteiger charge is -2.27. The molecule has 0 saturated heterocycles. The molecule has 0 heterocycles. The summed E-state index contributed by atoms with van der Waals surface area (Å²) >= 11 is 0. The average Bonchev–Trinajstić information content (AvgIpc) is 2.37. The number of methoxy groups -OCH3 is 2. The lowest BCUT2D eigenvalue weighted by molar-refractivity contribution is 0.110. The van der Waals surface area contributed by atoms with Gasteiger partial charge < -0.3 is 14.8 Å². The number of nitrogens with zero attached hydrogens (tertiary/aromatic N) is 2. The molecule has 0 aliphatic heterocycles. The SMILES string of the molecule is CNC(C)(C#N)CCN(CCOC)CCOC. The second-order valence-corrected chi connectivity index (χ2v) is 4.27. The Kier molecular flexibility index (Phi) is 9.00. The molecule has 1 N–H and O–H groups in total. The monoisotopic (exact) mass is 243 g/mol. The molecule has 0 aliphatic rings. The van der Waals surface area contributed by atoms with E-state index in [2.05, 4.69) is 16.3 Å². The third-order valence-corrected chi connectivity index (χ3v) is 2.95. The van der Waals surface area contributed by atoms with Crippen molar-refractivity contribution in [3.63, 3.8) is 0 Å². The maximum absolute atomic E-state index is 9.07. The second kappa shape index (κ2) is 9.37. The highest BCUT2D eigenvalue weighted by atomic mass is 16.5. The largest absolute Gasteiger partial charge is 0.383 e. The van der Waals surface area contributed by atoms with Crippen LogP contribution in [-0.2, 0) is 9.47 Å². The number of rotatable bonds is 10. The zero-order valence-electron chi connectivity index (χ0n) is 11.5. The molecule has 0 aromatic heterocycles. The van der Waals surface area contributed by atoms with Gasteiger partial charge in [0, 0.05) is 33.9 Å². The topological polar surface area (TPSA) is 57.5 Å². The predicted molar refractivity (Wildman–Crippen MR) is 67.9 cm³/mol. The molecule has 0 aromatic carbocycles. The van der Waals surface area contributed by atoms with Gasteiger partial charge in [-0.2, -0.15) is 5.26 Å². The minimum absolute atomic E-state index is 0.460. The molecule has 1 atom stereocenters. The molecule has 0 amide bonds. The van der Waals surface area contributed by atoms with E-state index >= 15 is 0 Å². The maximum atomic E-state index is 9.07. The van der Waals surface area contributed by atoms with Gasteiger partial charge in [-0.05, 0) is 20.4 Å². The Balaban J connectivity index is 4.09. The molecule has 0 fully saturated rings. The third kappa shape index (κ3) is 7.29. The van der Waals surface area contributed by atoms with Crippen molar-refractivity contribution in [1.29, 1.82) is 5.26 Å². The van der Waals surface area contributed by atoms with Crippen molar-refractivity contribution in [3.8, 4) is 6.07 Å². The highest BCUT2D eigenvalue weighted by molar-refractivity contribution is 5.03. The molecular formula is C12H25N3O2. The van der Waals surface area contributed by atoms with Crippen LogP contribution in [0.15, 0.2) is 0 Å². The van der Waals surface area contributed by atoms with Crippen LogP contribution < -0.4 is 5.32 Å². The first-order valence-corrected chi connectivity index (χ1v) is 5.92. The fraction of sp³-hybridized carbons (Fsp3) is 0.917. The minimum Gasteiger partial charge on any atom is -0.383 e. The fourth-order valence-electron chi connectivity index (χ4n) is 1.39. The van der Waals surface area contributed by atoms with Crippen molar-refractivity contribution in [3.05, 3.63) is 0 Å². The van der Waals surface area contributed by atoms with Crippen LogP contribution in [0.4, 0.5) is 0 Å². The smallest absolute Gasteiger partial charge is 0.104 e. The lowest BCUT2D eigenvalue weighted by atomic mass is 10.00. The van der Waals surface area contributed by atoms with E-state index in [1.165, 1.54) is 0 Å². The molecule has 0 bridgehead atoms. The van der Waals surface area contributed by atoms with Crippen LogP contribution in [0.3, 0.4) is 0 Å². The first kappa shape index (κ1) is 16.3. The standard InChI is InChI=1S/C12H25N3O2/c1-12(11-13,14-2)5-6-15(7-9-16-3)8-10-17-4/h14H,5-10H2,1-4H3. The molecule has 0 aliphatic carbocycles. The molecule has 0 radical (unpaired) electrons. The van der Waals surface area contributed by atoms with E-state index < -0.39 is 5.54 Å². The summed E-state index contributed by atoms with van der Waals surface area (Å²) in [5.41, 5.74) is -0.460. The van der Waals surface area contributed by atoms with E-state index in [1.807, 2.05) is 14.0 Å². The number of hydrogen-bond donors (Lipinski definition) is 1. The van der Waals surface area contributed by atoms with Crippen molar-refractivity contribution in [2.75, 3.05) is 54.1 Å². The highest BCUT2D eigenvalue weighted by Gasteiger charge is 2.21. The summed E-state index contributed by atoms with van der Waals surface area (Å²) in [4.78, 5) is 2.25. The number of hydrogen-bond acceptors (Lipinski definition) is 5. The fourth-order valence-corrected chi connectivity index (χ4v) is 1.39. The van der Waals surface area contributed by atoms with Crippen molar-refractivity contribution in [1.82, 2.24) is 10.2 Å². The molecule has 0 rings (SSSR count). The number of ether oxygens (including phenoxy) is 2. The van der Waals surface area contributed by atoms with Crippen LogP contribution in [0.2, 0.25) is 0 Å². The van der Waals surface area contributed by atoms with Crippen LogP contribution in [-0.4, -0.2) is 64.6 Å². The van der Waals surface area contributed by atoms with Crippen LogP contribution in [0.25, 0.3) is 0 Å². The molecule has 5 nitrogen and oxygen atoms in total. The normalized spacial score (nSPS) is 14.6. The van der Waals surface area contributed by atoms with Gasteiger partial charge in [-0.3, -0.25) is 4.90 Å². The number of nitrogens with one attached hydrogen (secondary N) is 1. The van der Waals surface area contributed by atoms with Gasteiger partial charge in [-0.15, -0.1) is 0 Å². The summed E-state index contributed by atoms with van der Waals surface area (Å²) in [6, 6.07) is 2.30. The van der Waals surface area contributed by atoms with E-state index in [0.717, 1.165) is 26.1 Å². The summed E-state index contributed by atoms with van der Waals surface area (Å²) in [6.45, 7) is 5.91. The molecule has 17 heavy (non-hydrogen) atoms. The summed E-state index contributed by atoms with van der Waals surface area (Å²) < 4.78 is 10.1. The molecule has 5 heteroatoms. The Bertz CT molecular complexity index is 222. The summed E-state index contributed by atoms with van der Waals surface area (Å²) in [5, 5.41) is 12.1. The van der Waals surface area contributed by atoms with Gasteiger partial charge in [-0.25, -0.2) is 0 Å². The van der Waals surface area contributed by atoms with E-state index in [9.17, 15) is 0 Å². The molecule has 1 unspecified atom stereocenters. The third-order valence-electron chi connectivity index (χ3n) is 2.95. The molecule has 0 saturated carbocycles. The Morgan fingerprint density at radius 2 is 1.71 bits per heavy atom. The molecule has 100 valence electrons. The van der Waals surface area contributed by atoms with E-state index in [-0.39, 0.29) is 0 Å². The first-order chi connectivity index (χ1) is 8.11. The highest BCUT2D eigenvalue weighted by Crippen LogP contribution is 2.08. The Morgan fingerprint density at radius 1 is 1.18 bits per heavy atom. The Hall–Kier alpha value is -0.670.